The molecule has 0 fully saturated rings. The van der Waals surface area contributed by atoms with Crippen LogP contribution in [0, 0.1) is 5.92 Å². The van der Waals surface area contributed by atoms with Crippen molar-refractivity contribution in [3.8, 4) is 0 Å². The topological polar surface area (TPSA) is 26.3 Å². The lowest BCUT2D eigenvalue weighted by Gasteiger charge is -2.17. The molecule has 0 atom stereocenters. The number of allylic oxidation sites excluding steroid dienone is 16. The number of fused-ring (bicyclic) bond motifs is 1. The number of hydrogen-bond acceptors (Lipinski definition) is 2. The number of carbonyl (C=O) groups is 1. The normalized spacial score (nSPS) is 16.1. The van der Waals surface area contributed by atoms with Crippen LogP contribution in [0.25, 0.3) is 12.2 Å². The number of hydrogen-bond donors (Lipinski definition) is 0. The fraction of sp³-hybridized carbons (Fsp3) is 0.132. The Balaban J connectivity index is 1.81. The molecule has 0 aliphatic heterocycles. The summed E-state index contributed by atoms with van der Waals surface area (Å²) in [6, 6.07) is 20.4. The minimum atomic E-state index is -0.354. The molecule has 0 unspecified atom stereocenters. The molecule has 2 heteroatoms. The second-order valence-electron chi connectivity index (χ2n) is 9.97. The van der Waals surface area contributed by atoms with Crippen LogP contribution in [0.15, 0.2) is 167 Å². The van der Waals surface area contributed by atoms with Crippen LogP contribution in [-0.4, -0.2) is 13.1 Å². The fourth-order valence-corrected chi connectivity index (χ4v) is 4.61. The third-order valence-electron chi connectivity index (χ3n) is 6.80. The summed E-state index contributed by atoms with van der Waals surface area (Å²) < 4.78 is 5.33. The van der Waals surface area contributed by atoms with Crippen molar-refractivity contribution in [1.82, 2.24) is 0 Å². The Morgan fingerprint density at radius 3 is 1.77 bits per heavy atom. The number of methoxy groups -OCH3 is 1. The van der Waals surface area contributed by atoms with E-state index in [1.807, 2.05) is 72.9 Å². The van der Waals surface area contributed by atoms with E-state index in [0.29, 0.717) is 11.5 Å². The van der Waals surface area contributed by atoms with Gasteiger partial charge in [-0.2, -0.15) is 0 Å². The minimum Gasteiger partial charge on any atom is -0.465 e. The van der Waals surface area contributed by atoms with Gasteiger partial charge in [0.1, 0.15) is 0 Å². The van der Waals surface area contributed by atoms with Gasteiger partial charge in [-0.25, -0.2) is 4.79 Å². The van der Waals surface area contributed by atoms with Gasteiger partial charge >= 0.3 is 5.97 Å². The predicted molar refractivity (Wildman–Crippen MR) is 169 cm³/mol. The molecule has 0 spiro atoms. The number of benzene rings is 2. The first kappa shape index (κ1) is 28.3. The van der Waals surface area contributed by atoms with Gasteiger partial charge in [-0.1, -0.05) is 153 Å². The smallest absolute Gasteiger partial charge is 0.339 e. The van der Waals surface area contributed by atoms with Crippen molar-refractivity contribution >= 4 is 18.1 Å². The second-order valence-corrected chi connectivity index (χ2v) is 9.97. The van der Waals surface area contributed by atoms with E-state index in [9.17, 15) is 4.79 Å². The van der Waals surface area contributed by atoms with E-state index in [-0.39, 0.29) is 5.97 Å². The SMILES string of the molecule is COC(=O)C1=C2C(C)=CC=C(C(C)C)C=C2C(C=CC=Cc2ccccc2)=CC=C1C=CC=Cc1ccccc1. The van der Waals surface area contributed by atoms with Crippen molar-refractivity contribution in [2.75, 3.05) is 7.11 Å². The van der Waals surface area contributed by atoms with E-state index in [4.69, 9.17) is 4.74 Å². The molecule has 0 saturated heterocycles. The van der Waals surface area contributed by atoms with E-state index in [2.05, 4.69) is 87.6 Å². The van der Waals surface area contributed by atoms with Crippen molar-refractivity contribution in [3.05, 3.63) is 178 Å². The van der Waals surface area contributed by atoms with Crippen LogP contribution in [0.4, 0.5) is 0 Å². The number of esters is 1. The Labute approximate surface area is 238 Å². The first-order chi connectivity index (χ1) is 19.5. The van der Waals surface area contributed by atoms with Gasteiger partial charge in [0.15, 0.2) is 0 Å². The van der Waals surface area contributed by atoms with Gasteiger partial charge in [0.25, 0.3) is 0 Å². The lowest BCUT2D eigenvalue weighted by atomic mass is 9.87. The third kappa shape index (κ3) is 7.24. The van der Waals surface area contributed by atoms with Gasteiger partial charge in [0.05, 0.1) is 12.7 Å². The van der Waals surface area contributed by atoms with Crippen LogP contribution in [0.1, 0.15) is 31.9 Å². The fourth-order valence-electron chi connectivity index (χ4n) is 4.61. The molecule has 2 aliphatic carbocycles. The van der Waals surface area contributed by atoms with Crippen molar-refractivity contribution < 1.29 is 9.53 Å². The Morgan fingerprint density at radius 2 is 1.23 bits per heavy atom. The Hall–Kier alpha value is -4.69. The molecule has 0 radical (unpaired) electrons. The molecule has 200 valence electrons. The van der Waals surface area contributed by atoms with Crippen molar-refractivity contribution in [2.45, 2.75) is 20.8 Å². The minimum absolute atomic E-state index is 0.333. The third-order valence-corrected chi connectivity index (χ3v) is 6.80. The molecule has 0 saturated carbocycles. The molecular weight excluding hydrogens is 488 g/mol. The van der Waals surface area contributed by atoms with Gasteiger partial charge in [0, 0.05) is 5.57 Å². The van der Waals surface area contributed by atoms with E-state index in [1.165, 1.54) is 12.7 Å². The summed E-state index contributed by atoms with van der Waals surface area (Å²) in [7, 11) is 1.44. The van der Waals surface area contributed by atoms with E-state index in [0.717, 1.165) is 39.0 Å². The zero-order chi connectivity index (χ0) is 28.3. The Kier molecular flexibility index (Phi) is 9.85. The summed E-state index contributed by atoms with van der Waals surface area (Å²) in [4.78, 5) is 13.3. The van der Waals surface area contributed by atoms with Crippen LogP contribution >= 0.6 is 0 Å². The predicted octanol–water partition coefficient (Wildman–Crippen LogP) is 9.33. The highest BCUT2D eigenvalue weighted by atomic mass is 16.5. The van der Waals surface area contributed by atoms with E-state index in [1.54, 1.807) is 0 Å². The highest BCUT2D eigenvalue weighted by molar-refractivity contribution is 5.98. The molecule has 2 aromatic carbocycles. The maximum absolute atomic E-state index is 13.3. The molecule has 0 bridgehead atoms. The highest BCUT2D eigenvalue weighted by Gasteiger charge is 2.27. The summed E-state index contributed by atoms with van der Waals surface area (Å²) in [5.74, 6) is -0.0217. The van der Waals surface area contributed by atoms with Gasteiger partial charge in [0.2, 0.25) is 0 Å². The monoisotopic (exact) mass is 524 g/mol. The van der Waals surface area contributed by atoms with Crippen LogP contribution < -0.4 is 0 Å². The average Bonchev–Trinajstić information content (AvgIpc) is 3.23. The lowest BCUT2D eigenvalue weighted by Crippen LogP contribution is -2.11. The summed E-state index contributed by atoms with van der Waals surface area (Å²) in [5.41, 5.74) is 8.77. The summed E-state index contributed by atoms with van der Waals surface area (Å²) in [6.45, 7) is 6.43. The number of carbonyl (C=O) groups excluding carboxylic acids is 1. The van der Waals surface area contributed by atoms with Gasteiger partial charge in [-0.3, -0.25) is 0 Å². The highest BCUT2D eigenvalue weighted by Crippen LogP contribution is 2.39. The average molecular weight is 525 g/mol. The Morgan fingerprint density at radius 1 is 0.700 bits per heavy atom. The van der Waals surface area contributed by atoms with Crippen LogP contribution in [0.2, 0.25) is 0 Å². The molecule has 40 heavy (non-hydrogen) atoms. The summed E-state index contributed by atoms with van der Waals surface area (Å²) in [6.07, 6.45) is 26.8. The van der Waals surface area contributed by atoms with Gasteiger partial charge < -0.3 is 4.74 Å². The molecule has 0 N–H and O–H groups in total. The molecule has 4 rings (SSSR count). The molecular formula is C38H36O2. The largest absolute Gasteiger partial charge is 0.465 e. The molecule has 0 aromatic heterocycles. The molecule has 2 nitrogen and oxygen atoms in total. The maximum atomic E-state index is 13.3. The van der Waals surface area contributed by atoms with E-state index >= 15 is 0 Å². The first-order valence-corrected chi connectivity index (χ1v) is 13.6. The summed E-state index contributed by atoms with van der Waals surface area (Å²) in [5, 5.41) is 0. The standard InChI is InChI=1S/C38H36O2/c1-28(2)34-24-23-29(3)36-35(27-34)32(21-13-11-19-30-15-7-5-8-16-30)25-26-33(37(36)38(39)40-4)22-14-12-20-31-17-9-6-10-18-31/h5-28H,1-4H3. The molecule has 2 aliphatic rings. The molecule has 2 aromatic rings. The zero-order valence-electron chi connectivity index (χ0n) is 23.7. The summed E-state index contributed by atoms with van der Waals surface area (Å²) >= 11 is 0. The van der Waals surface area contributed by atoms with E-state index < -0.39 is 0 Å². The quantitative estimate of drug-likeness (QED) is 0.254. The lowest BCUT2D eigenvalue weighted by molar-refractivity contribution is -0.135. The Bertz CT molecular complexity index is 1530. The van der Waals surface area contributed by atoms with Crippen molar-refractivity contribution in [2.24, 2.45) is 5.92 Å². The number of ether oxygens (including phenoxy) is 1. The van der Waals surface area contributed by atoms with Crippen molar-refractivity contribution in [3.63, 3.8) is 0 Å². The number of rotatable bonds is 8. The van der Waals surface area contributed by atoms with Crippen LogP contribution in [-0.2, 0) is 9.53 Å². The van der Waals surface area contributed by atoms with Crippen molar-refractivity contribution in [1.29, 1.82) is 0 Å². The maximum Gasteiger partial charge on any atom is 0.339 e. The molecule has 0 heterocycles. The van der Waals surface area contributed by atoms with Gasteiger partial charge in [-0.15, -0.1) is 0 Å². The molecule has 0 amide bonds. The first-order valence-electron chi connectivity index (χ1n) is 13.6. The zero-order valence-corrected chi connectivity index (χ0v) is 23.7. The van der Waals surface area contributed by atoms with Crippen LogP contribution in [0.3, 0.4) is 0 Å². The van der Waals surface area contributed by atoms with Crippen LogP contribution in [0.5, 0.6) is 0 Å². The second kappa shape index (κ2) is 13.9. The van der Waals surface area contributed by atoms with Gasteiger partial charge in [-0.05, 0) is 51.8 Å².